The SMILES string of the molecule is Cc1nn(C)c(N(C)C(C)(C)C)c1C=O. The minimum absolute atomic E-state index is 0.0298. The van der Waals surface area contributed by atoms with Crippen molar-refractivity contribution in [3.8, 4) is 0 Å². The van der Waals surface area contributed by atoms with Crippen molar-refractivity contribution in [2.75, 3.05) is 11.9 Å². The van der Waals surface area contributed by atoms with Gasteiger partial charge in [-0.1, -0.05) is 0 Å². The molecule has 0 N–H and O–H groups in total. The fourth-order valence-corrected chi connectivity index (χ4v) is 1.52. The number of hydrogen-bond donors (Lipinski definition) is 0. The Labute approximate surface area is 90.9 Å². The van der Waals surface area contributed by atoms with E-state index in [1.165, 1.54) is 0 Å². The van der Waals surface area contributed by atoms with Crippen LogP contribution in [0.2, 0.25) is 0 Å². The Kier molecular flexibility index (Phi) is 2.88. The van der Waals surface area contributed by atoms with E-state index >= 15 is 0 Å². The Morgan fingerprint density at radius 3 is 2.33 bits per heavy atom. The van der Waals surface area contributed by atoms with Crippen molar-refractivity contribution >= 4 is 12.1 Å². The summed E-state index contributed by atoms with van der Waals surface area (Å²) in [6.45, 7) is 8.15. The maximum absolute atomic E-state index is 11.0. The van der Waals surface area contributed by atoms with Gasteiger partial charge in [-0.05, 0) is 27.7 Å². The van der Waals surface area contributed by atoms with E-state index in [1.54, 1.807) is 4.68 Å². The van der Waals surface area contributed by atoms with Gasteiger partial charge in [0.2, 0.25) is 0 Å². The van der Waals surface area contributed by atoms with E-state index in [1.807, 2.05) is 21.0 Å². The van der Waals surface area contributed by atoms with Gasteiger partial charge in [-0.3, -0.25) is 9.48 Å². The van der Waals surface area contributed by atoms with Gasteiger partial charge in [-0.25, -0.2) is 0 Å². The lowest BCUT2D eigenvalue weighted by Crippen LogP contribution is -2.39. The van der Waals surface area contributed by atoms with Gasteiger partial charge in [-0.15, -0.1) is 0 Å². The van der Waals surface area contributed by atoms with Gasteiger partial charge in [0.25, 0.3) is 0 Å². The van der Waals surface area contributed by atoms with Crippen molar-refractivity contribution in [2.24, 2.45) is 7.05 Å². The van der Waals surface area contributed by atoms with Crippen LogP contribution in [0.1, 0.15) is 36.8 Å². The zero-order valence-corrected chi connectivity index (χ0v) is 10.3. The second kappa shape index (κ2) is 3.68. The smallest absolute Gasteiger partial charge is 0.155 e. The molecule has 0 bridgehead atoms. The van der Waals surface area contributed by atoms with E-state index in [0.717, 1.165) is 17.8 Å². The first-order valence-corrected chi connectivity index (χ1v) is 5.01. The molecule has 0 amide bonds. The summed E-state index contributed by atoms with van der Waals surface area (Å²) in [5.41, 5.74) is 1.42. The molecule has 0 aliphatic carbocycles. The zero-order chi connectivity index (χ0) is 11.8. The van der Waals surface area contributed by atoms with E-state index in [9.17, 15) is 4.79 Å². The molecule has 1 aromatic rings. The third kappa shape index (κ3) is 2.03. The third-order valence-corrected chi connectivity index (χ3v) is 2.68. The highest BCUT2D eigenvalue weighted by atomic mass is 16.1. The van der Waals surface area contributed by atoms with Gasteiger partial charge >= 0.3 is 0 Å². The maximum Gasteiger partial charge on any atom is 0.155 e. The lowest BCUT2D eigenvalue weighted by Gasteiger charge is -2.34. The fraction of sp³-hybridized carbons (Fsp3) is 0.636. The van der Waals surface area contributed by atoms with Crippen LogP contribution >= 0.6 is 0 Å². The van der Waals surface area contributed by atoms with Gasteiger partial charge in [0.1, 0.15) is 5.82 Å². The van der Waals surface area contributed by atoms with Crippen molar-refractivity contribution < 1.29 is 4.79 Å². The highest BCUT2D eigenvalue weighted by Crippen LogP contribution is 2.26. The van der Waals surface area contributed by atoms with Crippen LogP contribution in [0.3, 0.4) is 0 Å². The van der Waals surface area contributed by atoms with Gasteiger partial charge in [0.05, 0.1) is 11.3 Å². The average Bonchev–Trinajstić information content (AvgIpc) is 2.37. The van der Waals surface area contributed by atoms with Crippen LogP contribution in [0.15, 0.2) is 0 Å². The number of aryl methyl sites for hydroxylation is 2. The second-order valence-electron chi connectivity index (χ2n) is 4.79. The average molecular weight is 209 g/mol. The van der Waals surface area contributed by atoms with Gasteiger partial charge in [0, 0.05) is 19.6 Å². The van der Waals surface area contributed by atoms with Gasteiger partial charge in [0.15, 0.2) is 6.29 Å². The molecule has 4 heteroatoms. The monoisotopic (exact) mass is 209 g/mol. The molecule has 1 heterocycles. The normalized spacial score (nSPS) is 11.6. The molecule has 15 heavy (non-hydrogen) atoms. The minimum Gasteiger partial charge on any atom is -0.354 e. The predicted octanol–water partition coefficient (Wildman–Crippen LogP) is 1.78. The molecule has 1 rings (SSSR count). The zero-order valence-electron chi connectivity index (χ0n) is 10.3. The van der Waals surface area contributed by atoms with Crippen molar-refractivity contribution in [1.29, 1.82) is 0 Å². The fourth-order valence-electron chi connectivity index (χ4n) is 1.52. The summed E-state index contributed by atoms with van der Waals surface area (Å²) in [6, 6.07) is 0. The number of carbonyl (C=O) groups excluding carboxylic acids is 1. The summed E-state index contributed by atoms with van der Waals surface area (Å²) in [5.74, 6) is 0.870. The molecule has 84 valence electrons. The first-order valence-electron chi connectivity index (χ1n) is 5.01. The molecular weight excluding hydrogens is 190 g/mol. The van der Waals surface area contributed by atoms with Gasteiger partial charge in [-0.2, -0.15) is 5.10 Å². The third-order valence-electron chi connectivity index (χ3n) is 2.68. The van der Waals surface area contributed by atoms with Crippen LogP contribution in [-0.4, -0.2) is 28.7 Å². The Morgan fingerprint density at radius 1 is 1.40 bits per heavy atom. The van der Waals surface area contributed by atoms with E-state index in [0.29, 0.717) is 5.56 Å². The number of nitrogens with zero attached hydrogens (tertiary/aromatic N) is 3. The van der Waals surface area contributed by atoms with Crippen LogP contribution in [-0.2, 0) is 7.05 Å². The van der Waals surface area contributed by atoms with Crippen molar-refractivity contribution in [1.82, 2.24) is 9.78 Å². The first kappa shape index (κ1) is 11.8. The largest absolute Gasteiger partial charge is 0.354 e. The molecule has 0 aliphatic heterocycles. The summed E-state index contributed by atoms with van der Waals surface area (Å²) >= 11 is 0. The molecular formula is C11H19N3O. The number of hydrogen-bond acceptors (Lipinski definition) is 3. The van der Waals surface area contributed by atoms with E-state index in [-0.39, 0.29) is 5.54 Å². The minimum atomic E-state index is -0.0298. The number of aromatic nitrogens is 2. The number of rotatable bonds is 2. The Hall–Kier alpha value is -1.32. The van der Waals surface area contributed by atoms with Crippen molar-refractivity contribution in [3.05, 3.63) is 11.3 Å². The van der Waals surface area contributed by atoms with Crippen molar-refractivity contribution in [3.63, 3.8) is 0 Å². The van der Waals surface area contributed by atoms with Crippen LogP contribution in [0, 0.1) is 6.92 Å². The Morgan fingerprint density at radius 2 is 1.93 bits per heavy atom. The van der Waals surface area contributed by atoms with Crippen LogP contribution < -0.4 is 4.90 Å². The molecule has 0 spiro atoms. The molecule has 4 nitrogen and oxygen atoms in total. The number of carbonyl (C=O) groups is 1. The maximum atomic E-state index is 11.0. The second-order valence-corrected chi connectivity index (χ2v) is 4.79. The summed E-state index contributed by atoms with van der Waals surface area (Å²) in [6.07, 6.45) is 0.875. The van der Waals surface area contributed by atoms with Crippen LogP contribution in [0.5, 0.6) is 0 Å². The van der Waals surface area contributed by atoms with Crippen LogP contribution in [0.25, 0.3) is 0 Å². The molecule has 1 aromatic heterocycles. The van der Waals surface area contributed by atoms with Crippen molar-refractivity contribution in [2.45, 2.75) is 33.2 Å². The summed E-state index contributed by atoms with van der Waals surface area (Å²) in [4.78, 5) is 13.1. The molecule has 0 radical (unpaired) electrons. The number of aldehydes is 1. The molecule has 0 unspecified atom stereocenters. The summed E-state index contributed by atoms with van der Waals surface area (Å²) in [7, 11) is 3.83. The van der Waals surface area contributed by atoms with Crippen LogP contribution in [0.4, 0.5) is 5.82 Å². The molecule has 0 atom stereocenters. The summed E-state index contributed by atoms with van der Waals surface area (Å²) in [5, 5.41) is 4.26. The highest BCUT2D eigenvalue weighted by Gasteiger charge is 2.24. The molecule has 0 saturated carbocycles. The number of anilines is 1. The summed E-state index contributed by atoms with van der Waals surface area (Å²) < 4.78 is 1.75. The van der Waals surface area contributed by atoms with E-state index in [4.69, 9.17) is 0 Å². The predicted molar refractivity (Wildman–Crippen MR) is 61.5 cm³/mol. The molecule has 0 fully saturated rings. The lowest BCUT2D eigenvalue weighted by molar-refractivity contribution is 0.112. The Balaban J connectivity index is 3.30. The van der Waals surface area contributed by atoms with Gasteiger partial charge < -0.3 is 4.90 Å². The Bertz CT molecular complexity index is 374. The quantitative estimate of drug-likeness (QED) is 0.697. The molecule has 0 aromatic carbocycles. The van der Waals surface area contributed by atoms with E-state index in [2.05, 4.69) is 30.8 Å². The van der Waals surface area contributed by atoms with E-state index < -0.39 is 0 Å². The topological polar surface area (TPSA) is 38.1 Å². The molecule has 0 aliphatic rings. The standard InChI is InChI=1S/C11H19N3O/c1-8-9(7-15)10(14(6)12-8)13(5)11(2,3)4/h7H,1-6H3. The molecule has 0 saturated heterocycles. The lowest BCUT2D eigenvalue weighted by atomic mass is 10.1. The highest BCUT2D eigenvalue weighted by molar-refractivity contribution is 5.84. The first-order chi connectivity index (χ1) is 6.79.